The van der Waals surface area contributed by atoms with Crippen LogP contribution in [0.1, 0.15) is 30.1 Å². The predicted molar refractivity (Wildman–Crippen MR) is 81.7 cm³/mol. The van der Waals surface area contributed by atoms with E-state index >= 15 is 0 Å². The number of halogens is 1. The smallest absolute Gasteiger partial charge is 0.335 e. The van der Waals surface area contributed by atoms with Crippen molar-refractivity contribution < 1.29 is 19.4 Å². The third-order valence-electron chi connectivity index (χ3n) is 3.29. The van der Waals surface area contributed by atoms with E-state index in [1.807, 2.05) is 6.92 Å². The topological polar surface area (TPSA) is 87.7 Å². The number of hydrogen-bond donors (Lipinski definition) is 3. The molecule has 0 saturated heterocycles. The van der Waals surface area contributed by atoms with E-state index in [9.17, 15) is 9.59 Å². The van der Waals surface area contributed by atoms with Crippen LogP contribution in [0.3, 0.4) is 0 Å². The summed E-state index contributed by atoms with van der Waals surface area (Å²) in [6.07, 6.45) is 1.83. The van der Waals surface area contributed by atoms with E-state index in [0.29, 0.717) is 16.8 Å². The molecule has 6 nitrogen and oxygen atoms in total. The zero-order valence-corrected chi connectivity index (χ0v) is 13.1. The van der Waals surface area contributed by atoms with Gasteiger partial charge in [0.1, 0.15) is 0 Å². The van der Waals surface area contributed by atoms with Crippen LogP contribution in [0.5, 0.6) is 0 Å². The highest BCUT2D eigenvalue weighted by molar-refractivity contribution is 9.10. The van der Waals surface area contributed by atoms with Gasteiger partial charge in [-0.25, -0.2) is 9.59 Å². The summed E-state index contributed by atoms with van der Waals surface area (Å²) >= 11 is 3.28. The molecule has 7 heteroatoms. The first-order valence-corrected chi connectivity index (χ1v) is 7.51. The number of carboxylic acid groups (broad SMARTS) is 1. The van der Waals surface area contributed by atoms with Gasteiger partial charge in [-0.05, 0) is 53.9 Å². The number of ether oxygens (including phenoxy) is 1. The normalized spacial score (nSPS) is 20.5. The number of carbonyl (C=O) groups excluding carboxylic acids is 1. The van der Waals surface area contributed by atoms with Crippen LogP contribution >= 0.6 is 15.9 Å². The second kappa shape index (κ2) is 6.91. The summed E-state index contributed by atoms with van der Waals surface area (Å²) < 4.78 is 6.05. The Labute approximate surface area is 131 Å². The van der Waals surface area contributed by atoms with Crippen molar-refractivity contribution in [2.24, 2.45) is 0 Å². The molecule has 1 aliphatic carbocycles. The van der Waals surface area contributed by atoms with Crippen molar-refractivity contribution in [1.29, 1.82) is 0 Å². The Morgan fingerprint density at radius 2 is 2.14 bits per heavy atom. The second-order valence-corrected chi connectivity index (χ2v) is 5.70. The number of carboxylic acids is 1. The van der Waals surface area contributed by atoms with E-state index in [0.717, 1.165) is 12.8 Å². The van der Waals surface area contributed by atoms with Crippen molar-refractivity contribution >= 4 is 33.6 Å². The number of anilines is 1. The molecule has 0 aromatic heterocycles. The van der Waals surface area contributed by atoms with Gasteiger partial charge in [-0.3, -0.25) is 0 Å². The summed E-state index contributed by atoms with van der Waals surface area (Å²) in [6, 6.07) is 4.22. The van der Waals surface area contributed by atoms with Gasteiger partial charge in [-0.1, -0.05) is 0 Å². The van der Waals surface area contributed by atoms with Gasteiger partial charge in [-0.15, -0.1) is 0 Å². The minimum Gasteiger partial charge on any atom is -0.478 e. The van der Waals surface area contributed by atoms with Crippen molar-refractivity contribution in [3.05, 3.63) is 28.2 Å². The highest BCUT2D eigenvalue weighted by Gasteiger charge is 2.30. The Morgan fingerprint density at radius 1 is 1.43 bits per heavy atom. The zero-order chi connectivity index (χ0) is 15.4. The monoisotopic (exact) mass is 356 g/mol. The molecule has 0 spiro atoms. The van der Waals surface area contributed by atoms with Gasteiger partial charge in [0.25, 0.3) is 0 Å². The van der Waals surface area contributed by atoms with Crippen LogP contribution in [0.4, 0.5) is 10.5 Å². The number of amides is 2. The maximum absolute atomic E-state index is 11.9. The predicted octanol–water partition coefficient (Wildman–Crippen LogP) is 2.84. The maximum atomic E-state index is 11.9. The average Bonchev–Trinajstić information content (AvgIpc) is 2.38. The number of nitrogens with one attached hydrogen (secondary N) is 2. The first-order valence-electron chi connectivity index (χ1n) is 6.71. The Balaban J connectivity index is 1.88. The molecule has 0 radical (unpaired) electrons. The largest absolute Gasteiger partial charge is 0.478 e. The van der Waals surface area contributed by atoms with Crippen LogP contribution in [0, 0.1) is 0 Å². The first kappa shape index (κ1) is 15.8. The number of benzene rings is 1. The maximum Gasteiger partial charge on any atom is 0.335 e. The minimum atomic E-state index is -1.04. The van der Waals surface area contributed by atoms with Crippen LogP contribution in [-0.4, -0.2) is 35.9 Å². The molecular weight excluding hydrogens is 340 g/mol. The van der Waals surface area contributed by atoms with Crippen molar-refractivity contribution in [3.8, 4) is 0 Å². The average molecular weight is 357 g/mol. The van der Waals surface area contributed by atoms with Crippen molar-refractivity contribution in [2.45, 2.75) is 31.9 Å². The summed E-state index contributed by atoms with van der Waals surface area (Å²) in [6.45, 7) is 2.62. The van der Waals surface area contributed by atoms with Crippen LogP contribution in [-0.2, 0) is 4.74 Å². The molecule has 1 aromatic carbocycles. The van der Waals surface area contributed by atoms with Crippen LogP contribution in [0.2, 0.25) is 0 Å². The quantitative estimate of drug-likeness (QED) is 0.756. The number of carbonyl (C=O) groups is 2. The third-order valence-corrected chi connectivity index (χ3v) is 3.99. The van der Waals surface area contributed by atoms with E-state index in [-0.39, 0.29) is 23.7 Å². The molecule has 0 heterocycles. The molecule has 21 heavy (non-hydrogen) atoms. The Kier molecular flexibility index (Phi) is 5.19. The van der Waals surface area contributed by atoms with E-state index in [2.05, 4.69) is 26.6 Å². The van der Waals surface area contributed by atoms with Crippen LogP contribution in [0.25, 0.3) is 0 Å². The fraction of sp³-hybridized carbons (Fsp3) is 0.429. The van der Waals surface area contributed by atoms with E-state index in [1.54, 1.807) is 6.07 Å². The molecule has 0 aliphatic heterocycles. The van der Waals surface area contributed by atoms with Crippen LogP contribution < -0.4 is 10.6 Å². The van der Waals surface area contributed by atoms with Gasteiger partial charge in [0, 0.05) is 17.1 Å². The van der Waals surface area contributed by atoms with Crippen molar-refractivity contribution in [3.63, 3.8) is 0 Å². The molecule has 1 aromatic rings. The standard InChI is InChI=1S/C14H17BrN2O4/c1-2-21-10-6-9(7-10)16-14(20)17-12-5-8(13(18)19)3-4-11(12)15/h3-5,9-10H,2,6-7H2,1H3,(H,18,19)(H2,16,17,20). The highest BCUT2D eigenvalue weighted by atomic mass is 79.9. The van der Waals surface area contributed by atoms with Gasteiger partial charge >= 0.3 is 12.0 Å². The molecule has 0 unspecified atom stereocenters. The molecule has 1 fully saturated rings. The fourth-order valence-electron chi connectivity index (χ4n) is 2.15. The molecule has 0 bridgehead atoms. The van der Waals surface area contributed by atoms with Crippen molar-refractivity contribution in [1.82, 2.24) is 5.32 Å². The molecular formula is C14H17BrN2O4. The molecule has 1 aliphatic rings. The molecule has 1 saturated carbocycles. The van der Waals surface area contributed by atoms with E-state index < -0.39 is 5.97 Å². The van der Waals surface area contributed by atoms with Crippen molar-refractivity contribution in [2.75, 3.05) is 11.9 Å². The number of aromatic carboxylic acids is 1. The lowest BCUT2D eigenvalue weighted by molar-refractivity contribution is -0.00673. The number of rotatable bonds is 5. The molecule has 0 atom stereocenters. The summed E-state index contributed by atoms with van der Waals surface area (Å²) in [7, 11) is 0. The summed E-state index contributed by atoms with van der Waals surface area (Å²) in [5.74, 6) is -1.04. The van der Waals surface area contributed by atoms with E-state index in [4.69, 9.17) is 9.84 Å². The highest BCUT2D eigenvalue weighted by Crippen LogP contribution is 2.25. The number of hydrogen-bond acceptors (Lipinski definition) is 3. The van der Waals surface area contributed by atoms with Gasteiger partial charge in [0.05, 0.1) is 17.4 Å². The SMILES string of the molecule is CCOC1CC(NC(=O)Nc2cc(C(=O)O)ccc2Br)C1. The Bertz CT molecular complexity index is 544. The van der Waals surface area contributed by atoms with E-state index in [1.165, 1.54) is 12.1 Å². The van der Waals surface area contributed by atoms with Gasteiger partial charge in [0.2, 0.25) is 0 Å². The lowest BCUT2D eigenvalue weighted by Crippen LogP contribution is -2.49. The molecule has 2 amide bonds. The molecule has 114 valence electrons. The first-order chi connectivity index (χ1) is 9.99. The minimum absolute atomic E-state index is 0.1000. The lowest BCUT2D eigenvalue weighted by Gasteiger charge is -2.35. The van der Waals surface area contributed by atoms with Crippen LogP contribution in [0.15, 0.2) is 22.7 Å². The lowest BCUT2D eigenvalue weighted by atomic mass is 9.89. The fourth-order valence-corrected chi connectivity index (χ4v) is 2.50. The second-order valence-electron chi connectivity index (χ2n) is 4.84. The summed E-state index contributed by atoms with van der Waals surface area (Å²) in [5, 5.41) is 14.4. The number of urea groups is 1. The zero-order valence-electron chi connectivity index (χ0n) is 11.6. The van der Waals surface area contributed by atoms with Gasteiger partial charge < -0.3 is 20.5 Å². The Hall–Kier alpha value is -1.60. The third kappa shape index (κ3) is 4.18. The summed E-state index contributed by atoms with van der Waals surface area (Å²) in [4.78, 5) is 22.8. The Morgan fingerprint density at radius 3 is 2.76 bits per heavy atom. The molecule has 3 N–H and O–H groups in total. The molecule has 2 rings (SSSR count). The van der Waals surface area contributed by atoms with Gasteiger partial charge in [-0.2, -0.15) is 0 Å². The summed E-state index contributed by atoms with van der Waals surface area (Å²) in [5.41, 5.74) is 0.543. The van der Waals surface area contributed by atoms with Gasteiger partial charge in [0.15, 0.2) is 0 Å².